The molecule has 1 fully saturated rings. The van der Waals surface area contributed by atoms with Gasteiger partial charge in [-0.15, -0.1) is 0 Å². The highest BCUT2D eigenvalue weighted by atomic mass is 19.1. The van der Waals surface area contributed by atoms with Gasteiger partial charge in [0.25, 0.3) is 0 Å². The summed E-state index contributed by atoms with van der Waals surface area (Å²) < 4.78 is 19.5. The van der Waals surface area contributed by atoms with E-state index >= 15 is 0 Å². The van der Waals surface area contributed by atoms with Gasteiger partial charge in [-0.25, -0.2) is 4.39 Å². The second-order valence-corrected chi connectivity index (χ2v) is 4.46. The Kier molecular flexibility index (Phi) is 4.10. The molecule has 0 saturated carbocycles. The highest BCUT2D eigenvalue weighted by Gasteiger charge is 2.28. The molecule has 94 valence electrons. The van der Waals surface area contributed by atoms with Crippen LogP contribution in [0.1, 0.15) is 11.6 Å². The molecule has 0 aliphatic carbocycles. The molecule has 2 atom stereocenters. The van der Waals surface area contributed by atoms with E-state index in [0.29, 0.717) is 12.2 Å². The zero-order valence-electron chi connectivity index (χ0n) is 10.3. The molecule has 4 heteroatoms. The highest BCUT2D eigenvalue weighted by Crippen LogP contribution is 2.23. The van der Waals surface area contributed by atoms with Crippen molar-refractivity contribution < 1.29 is 9.13 Å². The average Bonchev–Trinajstić information content (AvgIpc) is 2.33. The number of rotatable bonds is 3. The number of nitrogens with zero attached hydrogens (tertiary/aromatic N) is 1. The summed E-state index contributed by atoms with van der Waals surface area (Å²) in [6.45, 7) is 2.46. The van der Waals surface area contributed by atoms with E-state index < -0.39 is 0 Å². The number of hydrogen-bond donors (Lipinski definition) is 1. The molecule has 0 amide bonds. The van der Waals surface area contributed by atoms with E-state index in [-0.39, 0.29) is 18.0 Å². The van der Waals surface area contributed by atoms with Crippen LogP contribution in [0.2, 0.25) is 0 Å². The van der Waals surface area contributed by atoms with Crippen LogP contribution in [0.4, 0.5) is 4.39 Å². The first kappa shape index (κ1) is 12.5. The van der Waals surface area contributed by atoms with Gasteiger partial charge in [-0.05, 0) is 20.2 Å². The van der Waals surface area contributed by atoms with E-state index in [2.05, 4.69) is 17.3 Å². The largest absolute Gasteiger partial charge is 0.374 e. The maximum absolute atomic E-state index is 13.8. The Morgan fingerprint density at radius 1 is 1.47 bits per heavy atom. The van der Waals surface area contributed by atoms with Crippen molar-refractivity contribution >= 4 is 0 Å². The van der Waals surface area contributed by atoms with Crippen LogP contribution in [0, 0.1) is 5.82 Å². The first-order chi connectivity index (χ1) is 8.22. The van der Waals surface area contributed by atoms with Gasteiger partial charge in [0.1, 0.15) is 5.82 Å². The fourth-order valence-corrected chi connectivity index (χ4v) is 2.28. The van der Waals surface area contributed by atoms with Crippen molar-refractivity contribution in [1.82, 2.24) is 10.2 Å². The molecule has 1 aromatic carbocycles. The standard InChI is InChI=1S/C13H19FN2O/c1-15-13(10-5-3-4-6-11(10)14)12-9-16(2)7-8-17-12/h3-6,12-13,15H,7-9H2,1-2H3. The lowest BCUT2D eigenvalue weighted by molar-refractivity contribution is -0.0385. The maximum Gasteiger partial charge on any atom is 0.128 e. The molecule has 0 bridgehead atoms. The van der Waals surface area contributed by atoms with Crippen molar-refractivity contribution in [3.8, 4) is 0 Å². The molecule has 1 aliphatic rings. The summed E-state index contributed by atoms with van der Waals surface area (Å²) >= 11 is 0. The van der Waals surface area contributed by atoms with Crippen LogP contribution in [0.5, 0.6) is 0 Å². The van der Waals surface area contributed by atoms with E-state index in [4.69, 9.17) is 4.74 Å². The van der Waals surface area contributed by atoms with E-state index in [1.807, 2.05) is 19.2 Å². The first-order valence-corrected chi connectivity index (χ1v) is 5.94. The van der Waals surface area contributed by atoms with Crippen LogP contribution >= 0.6 is 0 Å². The minimum Gasteiger partial charge on any atom is -0.374 e. The number of halogens is 1. The van der Waals surface area contributed by atoms with Gasteiger partial charge in [-0.3, -0.25) is 0 Å². The Balaban J connectivity index is 2.18. The zero-order valence-corrected chi connectivity index (χ0v) is 10.3. The molecular weight excluding hydrogens is 219 g/mol. The van der Waals surface area contributed by atoms with Gasteiger partial charge in [0.15, 0.2) is 0 Å². The zero-order chi connectivity index (χ0) is 12.3. The van der Waals surface area contributed by atoms with Crippen molar-refractivity contribution in [2.45, 2.75) is 12.1 Å². The summed E-state index contributed by atoms with van der Waals surface area (Å²) in [7, 11) is 3.90. The Hall–Kier alpha value is -0.970. The van der Waals surface area contributed by atoms with E-state index in [0.717, 1.165) is 13.1 Å². The summed E-state index contributed by atoms with van der Waals surface area (Å²) in [6, 6.07) is 6.77. The minimum absolute atomic E-state index is 0.00403. The molecule has 0 aromatic heterocycles. The number of nitrogens with one attached hydrogen (secondary N) is 1. The van der Waals surface area contributed by atoms with Gasteiger partial charge in [0, 0.05) is 18.7 Å². The number of benzene rings is 1. The van der Waals surface area contributed by atoms with E-state index in [1.54, 1.807) is 6.07 Å². The van der Waals surface area contributed by atoms with Crippen LogP contribution in [-0.4, -0.2) is 44.8 Å². The predicted molar refractivity (Wildman–Crippen MR) is 65.4 cm³/mol. The van der Waals surface area contributed by atoms with Crippen LogP contribution in [0.25, 0.3) is 0 Å². The summed E-state index contributed by atoms with van der Waals surface area (Å²) in [6.07, 6.45) is -0.00403. The third-order valence-electron chi connectivity index (χ3n) is 3.22. The normalized spacial score (nSPS) is 23.6. The topological polar surface area (TPSA) is 24.5 Å². The number of ether oxygens (including phenoxy) is 1. The van der Waals surface area contributed by atoms with Gasteiger partial charge in [0.2, 0.25) is 0 Å². The molecule has 3 nitrogen and oxygen atoms in total. The van der Waals surface area contributed by atoms with Crippen molar-refractivity contribution in [1.29, 1.82) is 0 Å². The lowest BCUT2D eigenvalue weighted by Gasteiger charge is -2.35. The second-order valence-electron chi connectivity index (χ2n) is 4.46. The smallest absolute Gasteiger partial charge is 0.128 e. The Labute approximate surface area is 102 Å². The molecule has 2 rings (SSSR count). The third-order valence-corrected chi connectivity index (χ3v) is 3.22. The lowest BCUT2D eigenvalue weighted by Crippen LogP contribution is -2.46. The SMILES string of the molecule is CNC(c1ccccc1F)C1CN(C)CCO1. The van der Waals surface area contributed by atoms with Gasteiger partial charge in [0.05, 0.1) is 18.8 Å². The van der Waals surface area contributed by atoms with Crippen molar-refractivity contribution in [3.05, 3.63) is 35.6 Å². The van der Waals surface area contributed by atoms with Gasteiger partial charge in [-0.2, -0.15) is 0 Å². The van der Waals surface area contributed by atoms with Gasteiger partial charge in [-0.1, -0.05) is 18.2 Å². The van der Waals surface area contributed by atoms with Gasteiger partial charge < -0.3 is 15.0 Å². The molecule has 17 heavy (non-hydrogen) atoms. The third kappa shape index (κ3) is 2.83. The van der Waals surface area contributed by atoms with Gasteiger partial charge >= 0.3 is 0 Å². The molecule has 2 unspecified atom stereocenters. The molecular formula is C13H19FN2O. The summed E-state index contributed by atoms with van der Waals surface area (Å²) in [5.41, 5.74) is 0.676. The van der Waals surface area contributed by atoms with Crippen molar-refractivity contribution in [2.24, 2.45) is 0 Å². The summed E-state index contributed by atoms with van der Waals surface area (Å²) in [4.78, 5) is 2.21. The van der Waals surface area contributed by atoms with E-state index in [1.165, 1.54) is 6.07 Å². The monoisotopic (exact) mass is 238 g/mol. The molecule has 1 aliphatic heterocycles. The second kappa shape index (κ2) is 5.58. The highest BCUT2D eigenvalue weighted by molar-refractivity contribution is 5.22. The fourth-order valence-electron chi connectivity index (χ4n) is 2.28. The summed E-state index contributed by atoms with van der Waals surface area (Å²) in [5.74, 6) is -0.177. The van der Waals surface area contributed by atoms with Crippen LogP contribution in [0.3, 0.4) is 0 Å². The Morgan fingerprint density at radius 3 is 2.88 bits per heavy atom. The molecule has 1 N–H and O–H groups in total. The predicted octanol–water partition coefficient (Wildman–Crippen LogP) is 1.42. The molecule has 0 radical (unpaired) electrons. The molecule has 1 heterocycles. The summed E-state index contributed by atoms with van der Waals surface area (Å²) in [5, 5.41) is 3.16. The van der Waals surface area contributed by atoms with Crippen molar-refractivity contribution in [2.75, 3.05) is 33.8 Å². The maximum atomic E-state index is 13.8. The Morgan fingerprint density at radius 2 is 2.24 bits per heavy atom. The van der Waals surface area contributed by atoms with Crippen molar-refractivity contribution in [3.63, 3.8) is 0 Å². The number of morpholine rings is 1. The van der Waals surface area contributed by atoms with Crippen LogP contribution < -0.4 is 5.32 Å². The number of hydrogen-bond acceptors (Lipinski definition) is 3. The fraction of sp³-hybridized carbons (Fsp3) is 0.538. The Bertz CT molecular complexity index is 372. The lowest BCUT2D eigenvalue weighted by atomic mass is 9.99. The number of likely N-dealkylation sites (N-methyl/N-ethyl adjacent to an activating group) is 2. The first-order valence-electron chi connectivity index (χ1n) is 5.94. The molecule has 0 spiro atoms. The molecule has 1 aromatic rings. The quantitative estimate of drug-likeness (QED) is 0.862. The van der Waals surface area contributed by atoms with Crippen LogP contribution in [-0.2, 0) is 4.74 Å². The van der Waals surface area contributed by atoms with E-state index in [9.17, 15) is 4.39 Å². The minimum atomic E-state index is -0.177. The molecule has 1 saturated heterocycles. The average molecular weight is 238 g/mol. The van der Waals surface area contributed by atoms with Crippen LogP contribution in [0.15, 0.2) is 24.3 Å².